The number of methoxy groups -OCH3 is 1. The number of ether oxygens (including phenoxy) is 1. The first-order valence-electron chi connectivity index (χ1n) is 5.37. The second kappa shape index (κ2) is 4.89. The zero-order valence-corrected chi connectivity index (χ0v) is 9.95. The van der Waals surface area contributed by atoms with Gasteiger partial charge in [0.2, 0.25) is 0 Å². The Hall–Kier alpha value is -0.990. The molecule has 2 rings (SSSR count). The monoisotopic (exact) mass is 238 g/mol. The van der Waals surface area contributed by atoms with Gasteiger partial charge in [0.25, 0.3) is 0 Å². The van der Waals surface area contributed by atoms with Crippen molar-refractivity contribution < 1.29 is 9.84 Å². The van der Waals surface area contributed by atoms with Crippen LogP contribution in [0.5, 0.6) is 5.75 Å². The third kappa shape index (κ3) is 2.57. The minimum Gasteiger partial charge on any atom is -0.497 e. The fourth-order valence-corrected chi connectivity index (χ4v) is 2.25. The van der Waals surface area contributed by atoms with Gasteiger partial charge in [0.15, 0.2) is 0 Å². The molecule has 2 unspecified atom stereocenters. The Labute approximate surface area is 99.8 Å². The predicted octanol–water partition coefficient (Wildman–Crippen LogP) is 1.22. The number of aliphatic hydroxyl groups is 1. The molecule has 1 aromatic rings. The lowest BCUT2D eigenvalue weighted by atomic mass is 9.95. The third-order valence-electron chi connectivity index (χ3n) is 2.85. The highest BCUT2D eigenvalue weighted by molar-refractivity contribution is 6.19. The van der Waals surface area contributed by atoms with Gasteiger partial charge in [0.1, 0.15) is 11.3 Å². The molecule has 0 amide bonds. The number of fused-ring (bicyclic) bond motifs is 1. The summed E-state index contributed by atoms with van der Waals surface area (Å²) >= 11 is 5.59. The van der Waals surface area contributed by atoms with E-state index in [9.17, 15) is 0 Å². The van der Waals surface area contributed by atoms with Crippen molar-refractivity contribution in [3.05, 3.63) is 28.6 Å². The molecule has 3 heteroatoms. The zero-order chi connectivity index (χ0) is 11.5. The molecule has 0 aromatic heterocycles. The first kappa shape index (κ1) is 11.5. The summed E-state index contributed by atoms with van der Waals surface area (Å²) in [5.74, 6) is 1.20. The Balaban J connectivity index is 2.31. The van der Waals surface area contributed by atoms with Gasteiger partial charge < -0.3 is 9.84 Å². The lowest BCUT2D eigenvalue weighted by Gasteiger charge is -2.14. The van der Waals surface area contributed by atoms with Gasteiger partial charge in [0, 0.05) is 0 Å². The molecule has 1 N–H and O–H groups in total. The van der Waals surface area contributed by atoms with Gasteiger partial charge in [-0.1, -0.05) is 29.8 Å². The van der Waals surface area contributed by atoms with Crippen LogP contribution in [-0.4, -0.2) is 17.8 Å². The molecule has 1 aliphatic carbocycles. The van der Waals surface area contributed by atoms with E-state index in [4.69, 9.17) is 21.4 Å². The zero-order valence-electron chi connectivity index (χ0n) is 9.19. The summed E-state index contributed by atoms with van der Waals surface area (Å²) < 4.78 is 5.18. The van der Waals surface area contributed by atoms with Gasteiger partial charge in [-0.15, -0.1) is 0 Å². The first-order valence-corrected chi connectivity index (χ1v) is 5.81. The molecule has 0 saturated carbocycles. The van der Waals surface area contributed by atoms with Crippen molar-refractivity contribution >= 4 is 23.8 Å². The Kier molecular flexibility index (Phi) is 3.52. The van der Waals surface area contributed by atoms with E-state index >= 15 is 0 Å². The summed E-state index contributed by atoms with van der Waals surface area (Å²) in [6.45, 7) is 0. The van der Waals surface area contributed by atoms with E-state index in [0.717, 1.165) is 12.2 Å². The molecule has 2 atom stereocenters. The molecule has 2 nitrogen and oxygen atoms in total. The molecule has 16 heavy (non-hydrogen) atoms. The summed E-state index contributed by atoms with van der Waals surface area (Å²) in [5.41, 5.74) is -0.755. The molecule has 1 aromatic carbocycles. The number of rotatable bonds is 3. The van der Waals surface area contributed by atoms with Crippen LogP contribution in [0.3, 0.4) is 0 Å². The van der Waals surface area contributed by atoms with Crippen LogP contribution in [0.4, 0.5) is 0 Å². The lowest BCUT2D eigenvalue weighted by Crippen LogP contribution is -2.29. The summed E-state index contributed by atoms with van der Waals surface area (Å²) in [7, 11) is 1.67. The molecular weight excluding hydrogens is 224 g/mol. The average Bonchev–Trinajstić information content (AvgIpc) is 2.27. The van der Waals surface area contributed by atoms with E-state index in [0.29, 0.717) is 12.3 Å². The Morgan fingerprint density at radius 2 is 2.31 bits per heavy atom. The molecular formula is C13H15ClO2. The van der Waals surface area contributed by atoms with E-state index in [1.807, 2.05) is 18.2 Å². The highest BCUT2D eigenvalue weighted by atomic mass is 35.5. The molecule has 86 valence electrons. The summed E-state index contributed by atoms with van der Waals surface area (Å²) in [5, 5.41) is 11.5. The second-order valence-corrected chi connectivity index (χ2v) is 4.54. The maximum atomic E-state index is 9.15. The quantitative estimate of drug-likeness (QED) is 0.803. The van der Waals surface area contributed by atoms with Crippen molar-refractivity contribution in [2.75, 3.05) is 7.11 Å². The van der Waals surface area contributed by atoms with Crippen LogP contribution in [-0.2, 0) is 0 Å². The molecule has 0 radical (unpaired) electrons. The van der Waals surface area contributed by atoms with Crippen LogP contribution in [0.25, 0.3) is 12.2 Å². The highest BCUT2D eigenvalue weighted by Crippen LogP contribution is 2.17. The lowest BCUT2D eigenvalue weighted by molar-refractivity contribution is 0.232. The van der Waals surface area contributed by atoms with Crippen LogP contribution in [0.15, 0.2) is 18.2 Å². The second-order valence-electron chi connectivity index (χ2n) is 4.03. The van der Waals surface area contributed by atoms with Gasteiger partial charge >= 0.3 is 0 Å². The van der Waals surface area contributed by atoms with Crippen molar-refractivity contribution in [1.29, 1.82) is 0 Å². The summed E-state index contributed by atoms with van der Waals surface area (Å²) in [4.78, 5) is 0. The van der Waals surface area contributed by atoms with E-state index in [1.165, 1.54) is 10.4 Å². The maximum Gasteiger partial charge on any atom is 0.128 e. The topological polar surface area (TPSA) is 29.5 Å². The van der Waals surface area contributed by atoms with Crippen molar-refractivity contribution in [2.24, 2.45) is 5.92 Å². The van der Waals surface area contributed by atoms with Crippen LogP contribution in [0, 0.1) is 5.92 Å². The number of hydrogen-bond acceptors (Lipinski definition) is 2. The number of aliphatic hydroxyl groups excluding tert-OH is 1. The van der Waals surface area contributed by atoms with Gasteiger partial charge in [-0.3, -0.25) is 0 Å². The Morgan fingerprint density at radius 3 is 3.00 bits per heavy atom. The van der Waals surface area contributed by atoms with Crippen LogP contribution in [0.1, 0.15) is 12.8 Å². The number of halogens is 1. The minimum absolute atomic E-state index is 0.327. The van der Waals surface area contributed by atoms with E-state index in [2.05, 4.69) is 12.2 Å². The van der Waals surface area contributed by atoms with Crippen molar-refractivity contribution in [3.63, 3.8) is 0 Å². The average molecular weight is 239 g/mol. The highest BCUT2D eigenvalue weighted by Gasteiger charge is 2.11. The normalized spacial score (nSPS) is 20.3. The maximum absolute atomic E-state index is 9.15. The minimum atomic E-state index is -0.755. The standard InChI is InChI=1S/C13H15ClO2/c1-16-12-5-4-10-6-9(7-13(14)15)2-3-11(10)8-12/h3-6,8-9,13,15H,2,7H2,1H3. The van der Waals surface area contributed by atoms with Crippen molar-refractivity contribution in [1.82, 2.24) is 0 Å². The SMILES string of the molecule is COc1ccc2c(c1)=CCC(CC(O)Cl)C=2. The fourth-order valence-electron chi connectivity index (χ4n) is 2.02. The van der Waals surface area contributed by atoms with Crippen LogP contribution in [0.2, 0.25) is 0 Å². The molecule has 0 aliphatic heterocycles. The van der Waals surface area contributed by atoms with Gasteiger partial charge in [-0.05, 0) is 41.3 Å². The summed E-state index contributed by atoms with van der Waals surface area (Å²) in [6, 6.07) is 6.01. The predicted molar refractivity (Wildman–Crippen MR) is 65.8 cm³/mol. The Bertz CT molecular complexity index is 479. The fraction of sp³-hybridized carbons (Fsp3) is 0.385. The summed E-state index contributed by atoms with van der Waals surface area (Å²) in [6.07, 6.45) is 5.86. The molecule has 0 fully saturated rings. The molecule has 0 bridgehead atoms. The Morgan fingerprint density at radius 1 is 1.50 bits per heavy atom. The largest absolute Gasteiger partial charge is 0.497 e. The smallest absolute Gasteiger partial charge is 0.128 e. The van der Waals surface area contributed by atoms with E-state index < -0.39 is 5.56 Å². The number of hydrogen-bond donors (Lipinski definition) is 1. The number of benzene rings is 1. The molecule has 1 aliphatic rings. The molecule has 0 saturated heterocycles. The van der Waals surface area contributed by atoms with Gasteiger partial charge in [-0.2, -0.15) is 0 Å². The molecule has 0 spiro atoms. The first-order chi connectivity index (χ1) is 7.69. The van der Waals surface area contributed by atoms with E-state index in [-0.39, 0.29) is 0 Å². The molecule has 0 heterocycles. The number of alkyl halides is 1. The van der Waals surface area contributed by atoms with Gasteiger partial charge in [0.05, 0.1) is 7.11 Å². The third-order valence-corrected chi connectivity index (χ3v) is 3.03. The van der Waals surface area contributed by atoms with Crippen molar-refractivity contribution in [2.45, 2.75) is 18.4 Å². The van der Waals surface area contributed by atoms with Crippen LogP contribution < -0.4 is 15.2 Å². The van der Waals surface area contributed by atoms with Gasteiger partial charge in [-0.25, -0.2) is 0 Å². The van der Waals surface area contributed by atoms with E-state index in [1.54, 1.807) is 7.11 Å². The van der Waals surface area contributed by atoms with Crippen LogP contribution >= 0.6 is 11.6 Å². The van der Waals surface area contributed by atoms with Crippen molar-refractivity contribution in [3.8, 4) is 5.75 Å².